The Morgan fingerprint density at radius 3 is 2.61 bits per heavy atom. The summed E-state index contributed by atoms with van der Waals surface area (Å²) in [6.45, 7) is 3.76. The Morgan fingerprint density at radius 2 is 2.04 bits per heavy atom. The van der Waals surface area contributed by atoms with Crippen LogP contribution in [0.25, 0.3) is 0 Å². The molecule has 7 heteroatoms. The molecule has 0 atom stereocenters. The zero-order valence-corrected chi connectivity index (χ0v) is 15.5. The number of anilines is 1. The van der Waals surface area contributed by atoms with Gasteiger partial charge >= 0.3 is 0 Å². The van der Waals surface area contributed by atoms with Crippen molar-refractivity contribution in [2.75, 3.05) is 18.0 Å². The molecule has 0 aromatic heterocycles. The standard InChI is InChI=1S/C16H15BrClNO3S/c1-3-9-19(13-6-4-5-12(18)10-13)23(20,21)14-7-8-16(22-2)15(17)11-14/h3-8,10-11H,1,9H2,2H3. The van der Waals surface area contributed by atoms with Crippen molar-refractivity contribution in [2.24, 2.45) is 0 Å². The average molecular weight is 417 g/mol. The SMILES string of the molecule is C=CCN(c1cccc(Cl)c1)S(=O)(=O)c1ccc(OC)c(Br)c1. The normalized spacial score (nSPS) is 11.1. The van der Waals surface area contributed by atoms with Crippen LogP contribution in [-0.2, 0) is 10.0 Å². The van der Waals surface area contributed by atoms with Gasteiger partial charge in [0.25, 0.3) is 10.0 Å². The van der Waals surface area contributed by atoms with E-state index in [4.69, 9.17) is 16.3 Å². The van der Waals surface area contributed by atoms with E-state index in [2.05, 4.69) is 22.5 Å². The predicted molar refractivity (Wildman–Crippen MR) is 96.9 cm³/mol. The van der Waals surface area contributed by atoms with Crippen LogP contribution in [0.15, 0.2) is 64.5 Å². The van der Waals surface area contributed by atoms with Gasteiger partial charge < -0.3 is 4.74 Å². The molecule has 2 aromatic carbocycles. The van der Waals surface area contributed by atoms with Crippen molar-refractivity contribution < 1.29 is 13.2 Å². The van der Waals surface area contributed by atoms with Gasteiger partial charge in [0.1, 0.15) is 5.75 Å². The lowest BCUT2D eigenvalue weighted by Gasteiger charge is -2.23. The second-order valence-electron chi connectivity index (χ2n) is 4.60. The quantitative estimate of drug-likeness (QED) is 0.652. The highest BCUT2D eigenvalue weighted by Gasteiger charge is 2.25. The number of ether oxygens (including phenoxy) is 1. The number of methoxy groups -OCH3 is 1. The van der Waals surface area contributed by atoms with E-state index in [9.17, 15) is 8.42 Å². The maximum absolute atomic E-state index is 13.0. The summed E-state index contributed by atoms with van der Waals surface area (Å²) >= 11 is 9.29. The molecule has 0 heterocycles. The summed E-state index contributed by atoms with van der Waals surface area (Å²) in [6.07, 6.45) is 1.52. The third-order valence-corrected chi connectivity index (χ3v) is 5.75. The summed E-state index contributed by atoms with van der Waals surface area (Å²) in [4.78, 5) is 0.145. The number of hydrogen-bond acceptors (Lipinski definition) is 3. The topological polar surface area (TPSA) is 46.6 Å². The van der Waals surface area contributed by atoms with Crippen LogP contribution >= 0.6 is 27.5 Å². The minimum atomic E-state index is -3.76. The van der Waals surface area contributed by atoms with Crippen LogP contribution in [0.4, 0.5) is 5.69 Å². The Balaban J connectivity index is 2.53. The Bertz CT molecular complexity index is 824. The van der Waals surface area contributed by atoms with Crippen LogP contribution in [0.5, 0.6) is 5.75 Å². The highest BCUT2D eigenvalue weighted by atomic mass is 79.9. The molecule has 23 heavy (non-hydrogen) atoms. The van der Waals surface area contributed by atoms with Crippen LogP contribution in [0.1, 0.15) is 0 Å². The second-order valence-corrected chi connectivity index (χ2v) is 7.75. The fourth-order valence-electron chi connectivity index (χ4n) is 2.03. The van der Waals surface area contributed by atoms with Gasteiger partial charge in [0, 0.05) is 5.02 Å². The third-order valence-electron chi connectivity index (χ3n) is 3.10. The lowest BCUT2D eigenvalue weighted by molar-refractivity contribution is 0.411. The fourth-order valence-corrected chi connectivity index (χ4v) is 4.36. The van der Waals surface area contributed by atoms with Gasteiger partial charge in [-0.1, -0.05) is 23.7 Å². The predicted octanol–water partition coefficient (Wildman–Crippen LogP) is 4.49. The first-order valence-corrected chi connectivity index (χ1v) is 9.24. The molecule has 0 fully saturated rings. The molecule has 0 aliphatic carbocycles. The minimum absolute atomic E-state index is 0.131. The Morgan fingerprint density at radius 1 is 1.30 bits per heavy atom. The molecule has 0 aliphatic heterocycles. The molecule has 0 bridgehead atoms. The van der Waals surface area contributed by atoms with Crippen LogP contribution in [0.3, 0.4) is 0 Å². The molecule has 2 rings (SSSR count). The molecule has 0 N–H and O–H groups in total. The number of benzene rings is 2. The van der Waals surface area contributed by atoms with E-state index in [0.717, 1.165) is 0 Å². The minimum Gasteiger partial charge on any atom is -0.496 e. The van der Waals surface area contributed by atoms with Crippen molar-refractivity contribution in [1.82, 2.24) is 0 Å². The zero-order valence-electron chi connectivity index (χ0n) is 12.4. The lowest BCUT2D eigenvalue weighted by Crippen LogP contribution is -2.31. The molecule has 0 saturated carbocycles. The van der Waals surface area contributed by atoms with Gasteiger partial charge in [-0.15, -0.1) is 6.58 Å². The summed E-state index contributed by atoms with van der Waals surface area (Å²) in [5, 5.41) is 0.461. The number of hydrogen-bond donors (Lipinski definition) is 0. The Labute approximate surface area is 149 Å². The third kappa shape index (κ3) is 3.88. The van der Waals surface area contributed by atoms with Crippen LogP contribution in [0, 0.1) is 0 Å². The largest absolute Gasteiger partial charge is 0.496 e. The summed E-state index contributed by atoms with van der Waals surface area (Å²) in [6, 6.07) is 11.3. The molecule has 122 valence electrons. The van der Waals surface area contributed by atoms with Crippen molar-refractivity contribution in [3.8, 4) is 5.75 Å². The van der Waals surface area contributed by atoms with Crippen molar-refractivity contribution in [3.63, 3.8) is 0 Å². The highest BCUT2D eigenvalue weighted by molar-refractivity contribution is 9.10. The van der Waals surface area contributed by atoms with Gasteiger partial charge in [-0.25, -0.2) is 8.42 Å². The number of sulfonamides is 1. The Kier molecular flexibility index (Phi) is 5.73. The zero-order chi connectivity index (χ0) is 17.0. The summed E-state index contributed by atoms with van der Waals surface area (Å²) in [7, 11) is -2.24. The van der Waals surface area contributed by atoms with E-state index in [1.165, 1.54) is 29.6 Å². The van der Waals surface area contributed by atoms with Crippen LogP contribution in [0.2, 0.25) is 5.02 Å². The van der Waals surface area contributed by atoms with Crippen LogP contribution in [-0.4, -0.2) is 22.1 Å². The van der Waals surface area contributed by atoms with E-state index in [1.54, 1.807) is 30.3 Å². The molecule has 0 radical (unpaired) electrons. The fraction of sp³-hybridized carbons (Fsp3) is 0.125. The van der Waals surface area contributed by atoms with Crippen molar-refractivity contribution in [2.45, 2.75) is 4.90 Å². The molecule has 0 amide bonds. The molecular weight excluding hydrogens is 402 g/mol. The van der Waals surface area contributed by atoms with E-state index in [0.29, 0.717) is 20.9 Å². The van der Waals surface area contributed by atoms with E-state index in [-0.39, 0.29) is 11.4 Å². The Hall–Kier alpha value is -1.50. The summed E-state index contributed by atoms with van der Waals surface area (Å²) in [5.41, 5.74) is 0.476. The maximum Gasteiger partial charge on any atom is 0.264 e. The molecule has 0 unspecified atom stereocenters. The van der Waals surface area contributed by atoms with Gasteiger partial charge in [0.05, 0.1) is 28.7 Å². The highest BCUT2D eigenvalue weighted by Crippen LogP contribution is 2.31. The molecule has 0 aliphatic rings. The van der Waals surface area contributed by atoms with Gasteiger partial charge in [-0.3, -0.25) is 4.31 Å². The second kappa shape index (κ2) is 7.38. The summed E-state index contributed by atoms with van der Waals surface area (Å²) in [5.74, 6) is 0.557. The van der Waals surface area contributed by atoms with E-state index >= 15 is 0 Å². The molecule has 0 spiro atoms. The average Bonchev–Trinajstić information content (AvgIpc) is 2.52. The first kappa shape index (κ1) is 17.8. The van der Waals surface area contributed by atoms with Gasteiger partial charge in [0.2, 0.25) is 0 Å². The van der Waals surface area contributed by atoms with Crippen molar-refractivity contribution in [3.05, 3.63) is 64.6 Å². The lowest BCUT2D eigenvalue weighted by atomic mass is 10.3. The molecule has 0 saturated heterocycles. The van der Waals surface area contributed by atoms with Crippen molar-refractivity contribution in [1.29, 1.82) is 0 Å². The smallest absolute Gasteiger partial charge is 0.264 e. The van der Waals surface area contributed by atoms with E-state index in [1.807, 2.05) is 0 Å². The van der Waals surface area contributed by atoms with Crippen molar-refractivity contribution >= 4 is 43.2 Å². The maximum atomic E-state index is 13.0. The van der Waals surface area contributed by atoms with Gasteiger partial charge in [-0.05, 0) is 52.3 Å². The van der Waals surface area contributed by atoms with Gasteiger partial charge in [-0.2, -0.15) is 0 Å². The molecular formula is C16H15BrClNO3S. The molecule has 4 nitrogen and oxygen atoms in total. The van der Waals surface area contributed by atoms with Crippen LogP contribution < -0.4 is 9.04 Å². The monoisotopic (exact) mass is 415 g/mol. The first-order chi connectivity index (χ1) is 10.9. The first-order valence-electron chi connectivity index (χ1n) is 6.63. The number of halogens is 2. The summed E-state index contributed by atoms with van der Waals surface area (Å²) < 4.78 is 32.9. The van der Waals surface area contributed by atoms with E-state index < -0.39 is 10.0 Å². The number of nitrogens with zero attached hydrogens (tertiary/aromatic N) is 1. The van der Waals surface area contributed by atoms with Gasteiger partial charge in [0.15, 0.2) is 0 Å². The number of rotatable bonds is 6. The molecule has 2 aromatic rings.